The van der Waals surface area contributed by atoms with Gasteiger partial charge in [0.1, 0.15) is 0 Å². The quantitative estimate of drug-likeness (QED) is 0.576. The van der Waals surface area contributed by atoms with Crippen LogP contribution in [0.2, 0.25) is 0 Å². The molecule has 6 heteroatoms. The van der Waals surface area contributed by atoms with Gasteiger partial charge in [0.2, 0.25) is 0 Å². The molecule has 66 valence electrons. The van der Waals surface area contributed by atoms with Crippen LogP contribution in [-0.4, -0.2) is 23.7 Å². The molecular formula is C6H7NO3S2. The summed E-state index contributed by atoms with van der Waals surface area (Å²) in [6.07, 6.45) is 1.80. The number of esters is 1. The molecule has 0 saturated carbocycles. The molecule has 1 aromatic heterocycles. The normalized spacial score (nSPS) is 9.83. The van der Waals surface area contributed by atoms with Gasteiger partial charge in [-0.3, -0.25) is 9.17 Å². The summed E-state index contributed by atoms with van der Waals surface area (Å²) < 4.78 is 7.58. The van der Waals surface area contributed by atoms with Crippen molar-refractivity contribution in [3.8, 4) is 0 Å². The van der Waals surface area contributed by atoms with Gasteiger partial charge in [-0.05, 0) is 6.26 Å². The molecule has 0 unspecified atom stereocenters. The first-order valence-electron chi connectivity index (χ1n) is 3.04. The van der Waals surface area contributed by atoms with Crippen molar-refractivity contribution in [1.29, 1.82) is 0 Å². The first-order valence-corrected chi connectivity index (χ1v) is 5.08. The van der Waals surface area contributed by atoms with Crippen LogP contribution >= 0.6 is 23.3 Å². The predicted molar refractivity (Wildman–Crippen MR) is 48.1 cm³/mol. The first kappa shape index (κ1) is 9.34. The van der Waals surface area contributed by atoms with Gasteiger partial charge in [-0.1, -0.05) is 11.5 Å². The molecular weight excluding hydrogens is 198 g/mol. The maximum Gasteiger partial charge on any atom is 0.345 e. The molecule has 1 rings (SSSR count). The van der Waals surface area contributed by atoms with Crippen molar-refractivity contribution < 1.29 is 9.53 Å². The summed E-state index contributed by atoms with van der Waals surface area (Å²) >= 11 is 2.49. The van der Waals surface area contributed by atoms with E-state index in [4.69, 9.17) is 0 Å². The smallest absolute Gasteiger partial charge is 0.345 e. The number of thioether (sulfide) groups is 1. The zero-order valence-corrected chi connectivity index (χ0v) is 8.17. The second kappa shape index (κ2) is 3.77. The SMILES string of the molecule is COC(=O)c1c(SC)s[nH]c1=O. The van der Waals surface area contributed by atoms with Crippen molar-refractivity contribution in [2.24, 2.45) is 0 Å². The van der Waals surface area contributed by atoms with Crippen LogP contribution in [0.5, 0.6) is 0 Å². The Hall–Kier alpha value is -0.750. The highest BCUT2D eigenvalue weighted by Gasteiger charge is 2.17. The second-order valence-corrected chi connectivity index (χ2v) is 3.78. The van der Waals surface area contributed by atoms with Gasteiger partial charge in [0.15, 0.2) is 5.56 Å². The first-order chi connectivity index (χ1) is 5.70. The second-order valence-electron chi connectivity index (χ2n) is 1.89. The Morgan fingerprint density at radius 3 is 2.83 bits per heavy atom. The number of aromatic nitrogens is 1. The minimum Gasteiger partial charge on any atom is -0.465 e. The maximum atomic E-state index is 11.0. The molecule has 0 fully saturated rings. The molecule has 0 amide bonds. The van der Waals surface area contributed by atoms with Crippen molar-refractivity contribution in [2.45, 2.75) is 4.21 Å². The highest BCUT2D eigenvalue weighted by molar-refractivity contribution is 8.00. The summed E-state index contributed by atoms with van der Waals surface area (Å²) in [5, 5.41) is 0. The summed E-state index contributed by atoms with van der Waals surface area (Å²) in [4.78, 5) is 22.1. The molecule has 0 aliphatic carbocycles. The molecule has 0 aliphatic rings. The van der Waals surface area contributed by atoms with Gasteiger partial charge in [-0.15, -0.1) is 11.8 Å². The summed E-state index contributed by atoms with van der Waals surface area (Å²) in [5.41, 5.74) is -0.272. The topological polar surface area (TPSA) is 59.2 Å². The van der Waals surface area contributed by atoms with E-state index >= 15 is 0 Å². The Morgan fingerprint density at radius 2 is 2.33 bits per heavy atom. The lowest BCUT2D eigenvalue weighted by molar-refractivity contribution is 0.0596. The van der Waals surface area contributed by atoms with Crippen molar-refractivity contribution in [1.82, 2.24) is 4.37 Å². The number of aromatic amines is 1. The number of nitrogens with one attached hydrogen (secondary N) is 1. The van der Waals surface area contributed by atoms with Crippen LogP contribution in [-0.2, 0) is 4.74 Å². The van der Waals surface area contributed by atoms with Crippen LogP contribution in [0, 0.1) is 0 Å². The van der Waals surface area contributed by atoms with Crippen molar-refractivity contribution in [3.63, 3.8) is 0 Å². The van der Waals surface area contributed by atoms with E-state index in [2.05, 4.69) is 9.11 Å². The van der Waals surface area contributed by atoms with E-state index in [-0.39, 0.29) is 11.1 Å². The summed E-state index contributed by atoms with van der Waals surface area (Å²) in [6.45, 7) is 0. The fourth-order valence-corrected chi connectivity index (χ4v) is 2.11. The number of ether oxygens (including phenoxy) is 1. The molecule has 12 heavy (non-hydrogen) atoms. The van der Waals surface area contributed by atoms with E-state index in [1.807, 2.05) is 0 Å². The number of rotatable bonds is 2. The number of carbonyl (C=O) groups excluding carboxylic acids is 1. The molecule has 4 nitrogen and oxygen atoms in total. The van der Waals surface area contributed by atoms with Crippen LogP contribution in [0.3, 0.4) is 0 Å². The lowest BCUT2D eigenvalue weighted by atomic mass is 10.4. The van der Waals surface area contributed by atoms with Gasteiger partial charge in [0.05, 0.1) is 11.3 Å². The zero-order valence-electron chi connectivity index (χ0n) is 6.54. The Balaban J connectivity index is 3.19. The monoisotopic (exact) mass is 205 g/mol. The fraction of sp³-hybridized carbons (Fsp3) is 0.333. The van der Waals surface area contributed by atoms with Gasteiger partial charge in [-0.25, -0.2) is 4.79 Å². The minimum atomic E-state index is -0.582. The van der Waals surface area contributed by atoms with Gasteiger partial charge < -0.3 is 4.74 Å². The maximum absolute atomic E-state index is 11.0. The van der Waals surface area contributed by atoms with Crippen LogP contribution in [0.4, 0.5) is 0 Å². The summed E-state index contributed by atoms with van der Waals surface area (Å²) in [7, 11) is 1.25. The lowest BCUT2D eigenvalue weighted by Crippen LogP contribution is -2.14. The van der Waals surface area contributed by atoms with Gasteiger partial charge in [0.25, 0.3) is 5.56 Å². The van der Waals surface area contributed by atoms with E-state index in [1.165, 1.54) is 18.9 Å². The lowest BCUT2D eigenvalue weighted by Gasteiger charge is -1.94. The summed E-state index contributed by atoms with van der Waals surface area (Å²) in [6, 6.07) is 0. The van der Waals surface area contributed by atoms with Crippen LogP contribution in [0.15, 0.2) is 9.00 Å². The third-order valence-electron chi connectivity index (χ3n) is 1.24. The Bertz CT molecular complexity index is 341. The average molecular weight is 205 g/mol. The number of methoxy groups -OCH3 is 1. The van der Waals surface area contributed by atoms with E-state index in [0.29, 0.717) is 4.21 Å². The molecule has 0 spiro atoms. The number of hydrogen-bond acceptors (Lipinski definition) is 5. The zero-order chi connectivity index (χ0) is 9.14. The molecule has 1 heterocycles. The molecule has 0 radical (unpaired) electrons. The van der Waals surface area contributed by atoms with Crippen LogP contribution < -0.4 is 5.56 Å². The number of hydrogen-bond donors (Lipinski definition) is 1. The molecule has 1 aromatic rings. The van der Waals surface area contributed by atoms with Gasteiger partial charge >= 0.3 is 5.97 Å². The predicted octanol–water partition coefficient (Wildman–Crippen LogP) is 0.945. The largest absolute Gasteiger partial charge is 0.465 e. The van der Waals surface area contributed by atoms with Crippen LogP contribution in [0.25, 0.3) is 0 Å². The van der Waals surface area contributed by atoms with Gasteiger partial charge in [0, 0.05) is 0 Å². The number of H-pyrrole nitrogens is 1. The Kier molecular flexibility index (Phi) is 2.93. The highest BCUT2D eigenvalue weighted by atomic mass is 32.2. The minimum absolute atomic E-state index is 0.106. The van der Waals surface area contributed by atoms with E-state index in [9.17, 15) is 9.59 Å². The van der Waals surface area contributed by atoms with Gasteiger partial charge in [-0.2, -0.15) is 0 Å². The van der Waals surface area contributed by atoms with Crippen molar-refractivity contribution in [2.75, 3.05) is 13.4 Å². The van der Waals surface area contributed by atoms with E-state index < -0.39 is 5.97 Å². The fourth-order valence-electron chi connectivity index (χ4n) is 0.709. The Morgan fingerprint density at radius 1 is 1.67 bits per heavy atom. The third kappa shape index (κ3) is 1.54. The highest BCUT2D eigenvalue weighted by Crippen LogP contribution is 2.21. The molecule has 0 bridgehead atoms. The molecule has 0 aromatic carbocycles. The Labute approximate surface area is 77.1 Å². The summed E-state index contributed by atoms with van der Waals surface area (Å²) in [5.74, 6) is -0.582. The average Bonchev–Trinajstić information content (AvgIpc) is 2.45. The molecule has 0 saturated heterocycles. The molecule has 0 aliphatic heterocycles. The third-order valence-corrected chi connectivity index (χ3v) is 3.24. The van der Waals surface area contributed by atoms with Crippen molar-refractivity contribution in [3.05, 3.63) is 15.9 Å². The van der Waals surface area contributed by atoms with Crippen molar-refractivity contribution >= 4 is 29.3 Å². The molecule has 1 N–H and O–H groups in total. The van der Waals surface area contributed by atoms with Crippen LogP contribution in [0.1, 0.15) is 10.4 Å². The number of carbonyl (C=O) groups is 1. The van der Waals surface area contributed by atoms with E-state index in [1.54, 1.807) is 6.26 Å². The van der Waals surface area contributed by atoms with E-state index in [0.717, 1.165) is 11.5 Å². The standard InChI is InChI=1S/C6H7NO3S2/c1-10-5(9)3-4(8)7-12-6(3)11-2/h1-2H3,(H,7,8). The molecule has 0 atom stereocenters.